The van der Waals surface area contributed by atoms with Gasteiger partial charge in [0.2, 0.25) is 11.8 Å². The quantitative estimate of drug-likeness (QED) is 0.277. The van der Waals surface area contributed by atoms with Crippen LogP contribution in [0.4, 0.5) is 5.69 Å². The monoisotopic (exact) mass is 647 g/mol. The lowest BCUT2D eigenvalue weighted by molar-refractivity contribution is -0.140. The molecule has 0 radical (unpaired) electrons. The number of hydrogen-bond donors (Lipinski definition) is 1. The van der Waals surface area contributed by atoms with Gasteiger partial charge in [-0.2, -0.15) is 0 Å². The van der Waals surface area contributed by atoms with Gasteiger partial charge in [0.15, 0.2) is 11.5 Å². The standard InChI is InChI=1S/C31H35Cl2N3O6S/c1-4-27(31(38)34-18-21(2)3)35(19-24-25(32)11-8-12-26(24)33)30(37)20-36(43(39,40)23-9-6-5-7-10-23)22-13-14-28-29(17-22)42-16-15-41-28/h5-14,17,21,27H,4,15-16,18-20H2,1-3H3,(H,34,38). The summed E-state index contributed by atoms with van der Waals surface area (Å²) in [6.45, 7) is 6.09. The summed E-state index contributed by atoms with van der Waals surface area (Å²) in [7, 11) is -4.24. The van der Waals surface area contributed by atoms with Gasteiger partial charge in [-0.15, -0.1) is 0 Å². The zero-order chi connectivity index (χ0) is 31.1. The van der Waals surface area contributed by atoms with Crippen molar-refractivity contribution in [3.8, 4) is 11.5 Å². The first-order chi connectivity index (χ1) is 20.5. The number of nitrogens with zero attached hydrogens (tertiary/aromatic N) is 2. The van der Waals surface area contributed by atoms with Gasteiger partial charge in [-0.05, 0) is 48.7 Å². The Morgan fingerprint density at radius 3 is 2.21 bits per heavy atom. The summed E-state index contributed by atoms with van der Waals surface area (Å²) in [6.07, 6.45) is 0.271. The predicted octanol–water partition coefficient (Wildman–Crippen LogP) is 5.54. The van der Waals surface area contributed by atoms with Crippen LogP contribution in [-0.2, 0) is 26.2 Å². The maximum atomic E-state index is 14.3. The number of carbonyl (C=O) groups excluding carboxylic acids is 2. The highest BCUT2D eigenvalue weighted by Crippen LogP contribution is 2.36. The van der Waals surface area contributed by atoms with Crippen molar-refractivity contribution < 1.29 is 27.5 Å². The van der Waals surface area contributed by atoms with Gasteiger partial charge in [0, 0.05) is 34.8 Å². The Balaban J connectivity index is 1.77. The van der Waals surface area contributed by atoms with Crippen LogP contribution in [0.5, 0.6) is 11.5 Å². The van der Waals surface area contributed by atoms with E-state index in [1.54, 1.807) is 55.5 Å². The summed E-state index contributed by atoms with van der Waals surface area (Å²) in [6, 6.07) is 16.6. The molecule has 1 N–H and O–H groups in total. The molecule has 12 heteroatoms. The molecule has 1 atom stereocenters. The minimum Gasteiger partial charge on any atom is -0.486 e. The average Bonchev–Trinajstić information content (AvgIpc) is 3.00. The lowest BCUT2D eigenvalue weighted by atomic mass is 10.1. The maximum absolute atomic E-state index is 14.3. The number of benzene rings is 3. The fourth-order valence-corrected chi connectivity index (χ4v) is 6.58. The van der Waals surface area contributed by atoms with Gasteiger partial charge in [-0.1, -0.05) is 68.2 Å². The molecule has 3 aromatic rings. The van der Waals surface area contributed by atoms with Crippen LogP contribution in [0.15, 0.2) is 71.6 Å². The Morgan fingerprint density at radius 2 is 1.58 bits per heavy atom. The first-order valence-corrected chi connectivity index (χ1v) is 16.2. The second-order valence-corrected chi connectivity index (χ2v) is 13.1. The van der Waals surface area contributed by atoms with Gasteiger partial charge in [0.1, 0.15) is 25.8 Å². The fraction of sp³-hybridized carbons (Fsp3) is 0.355. The van der Waals surface area contributed by atoms with E-state index in [-0.39, 0.29) is 35.4 Å². The highest BCUT2D eigenvalue weighted by Gasteiger charge is 2.34. The molecule has 1 heterocycles. The minimum absolute atomic E-state index is 0.0000975. The second kappa shape index (κ2) is 14.3. The number of fused-ring (bicyclic) bond motifs is 1. The minimum atomic E-state index is -4.24. The van der Waals surface area contributed by atoms with E-state index in [1.165, 1.54) is 23.1 Å². The van der Waals surface area contributed by atoms with Crippen molar-refractivity contribution in [1.82, 2.24) is 10.2 Å². The highest BCUT2D eigenvalue weighted by molar-refractivity contribution is 7.92. The number of sulfonamides is 1. The molecule has 3 aromatic carbocycles. The average molecular weight is 649 g/mol. The molecule has 9 nitrogen and oxygen atoms in total. The van der Waals surface area contributed by atoms with Gasteiger partial charge in [0.05, 0.1) is 10.6 Å². The molecule has 4 rings (SSSR count). The lowest BCUT2D eigenvalue weighted by Gasteiger charge is -2.34. The molecule has 0 bridgehead atoms. The Morgan fingerprint density at radius 1 is 0.930 bits per heavy atom. The first-order valence-electron chi connectivity index (χ1n) is 14.0. The molecule has 2 amide bonds. The van der Waals surface area contributed by atoms with Crippen LogP contribution in [0, 0.1) is 5.92 Å². The summed E-state index contributed by atoms with van der Waals surface area (Å²) < 4.78 is 40.4. The number of hydrogen-bond acceptors (Lipinski definition) is 6. The van der Waals surface area contributed by atoms with E-state index in [2.05, 4.69) is 5.32 Å². The van der Waals surface area contributed by atoms with Gasteiger partial charge >= 0.3 is 0 Å². The van der Waals surface area contributed by atoms with Crippen molar-refractivity contribution in [1.29, 1.82) is 0 Å². The van der Waals surface area contributed by atoms with Crippen molar-refractivity contribution in [2.45, 2.75) is 44.7 Å². The summed E-state index contributed by atoms with van der Waals surface area (Å²) in [5, 5.41) is 3.54. The molecule has 1 aliphatic heterocycles. The third kappa shape index (κ3) is 7.74. The van der Waals surface area contributed by atoms with Crippen molar-refractivity contribution in [3.63, 3.8) is 0 Å². The van der Waals surface area contributed by atoms with Crippen LogP contribution in [0.25, 0.3) is 0 Å². The normalized spacial score (nSPS) is 13.3. The Labute approximate surface area is 262 Å². The van der Waals surface area contributed by atoms with Gasteiger partial charge < -0.3 is 19.7 Å². The van der Waals surface area contributed by atoms with E-state index in [0.29, 0.717) is 46.9 Å². The molecule has 1 unspecified atom stereocenters. The molecule has 43 heavy (non-hydrogen) atoms. The fourth-order valence-electron chi connectivity index (χ4n) is 4.63. The summed E-state index contributed by atoms with van der Waals surface area (Å²) >= 11 is 13.0. The third-order valence-electron chi connectivity index (χ3n) is 6.88. The Hall–Kier alpha value is -3.47. The molecule has 230 valence electrons. The number of ether oxygens (including phenoxy) is 2. The van der Waals surface area contributed by atoms with Crippen LogP contribution in [0.2, 0.25) is 10.0 Å². The van der Waals surface area contributed by atoms with E-state index in [0.717, 1.165) is 4.31 Å². The van der Waals surface area contributed by atoms with Crippen LogP contribution >= 0.6 is 23.2 Å². The van der Waals surface area contributed by atoms with Crippen molar-refractivity contribution in [3.05, 3.63) is 82.3 Å². The largest absolute Gasteiger partial charge is 0.486 e. The molecular formula is C31H35Cl2N3O6S. The molecule has 0 fully saturated rings. The van der Waals surface area contributed by atoms with E-state index in [4.69, 9.17) is 32.7 Å². The first kappa shape index (κ1) is 32.4. The number of anilines is 1. The van der Waals surface area contributed by atoms with Crippen LogP contribution < -0.4 is 19.1 Å². The molecule has 1 aliphatic rings. The molecule has 0 aliphatic carbocycles. The number of nitrogens with one attached hydrogen (secondary N) is 1. The van der Waals surface area contributed by atoms with Crippen molar-refractivity contribution in [2.24, 2.45) is 5.92 Å². The zero-order valence-corrected chi connectivity index (χ0v) is 26.6. The summed E-state index contributed by atoms with van der Waals surface area (Å²) in [4.78, 5) is 29.0. The van der Waals surface area contributed by atoms with E-state index in [1.807, 2.05) is 13.8 Å². The summed E-state index contributed by atoms with van der Waals surface area (Å²) in [5.41, 5.74) is 0.653. The third-order valence-corrected chi connectivity index (χ3v) is 9.38. The number of rotatable bonds is 12. The molecule has 0 aromatic heterocycles. The van der Waals surface area contributed by atoms with Crippen molar-refractivity contribution >= 4 is 50.7 Å². The Kier molecular flexibility index (Phi) is 10.8. The number of halogens is 2. The number of amides is 2. The van der Waals surface area contributed by atoms with Gasteiger partial charge in [-0.25, -0.2) is 8.42 Å². The highest BCUT2D eigenvalue weighted by atomic mass is 35.5. The van der Waals surface area contributed by atoms with Crippen LogP contribution in [0.3, 0.4) is 0 Å². The SMILES string of the molecule is CCC(C(=O)NCC(C)C)N(Cc1c(Cl)cccc1Cl)C(=O)CN(c1ccc2c(c1)OCCO2)S(=O)(=O)c1ccccc1. The topological polar surface area (TPSA) is 105 Å². The molecule has 0 saturated heterocycles. The zero-order valence-electron chi connectivity index (χ0n) is 24.3. The molecular weight excluding hydrogens is 613 g/mol. The van der Waals surface area contributed by atoms with Gasteiger partial charge in [0.25, 0.3) is 10.0 Å². The molecule has 0 saturated carbocycles. The smallest absolute Gasteiger partial charge is 0.264 e. The van der Waals surface area contributed by atoms with E-state index in [9.17, 15) is 18.0 Å². The van der Waals surface area contributed by atoms with Crippen molar-refractivity contribution in [2.75, 3.05) is 30.6 Å². The van der Waals surface area contributed by atoms with E-state index < -0.39 is 28.5 Å². The molecule has 0 spiro atoms. The number of carbonyl (C=O) groups is 2. The van der Waals surface area contributed by atoms with Crippen LogP contribution in [-0.4, -0.2) is 57.5 Å². The van der Waals surface area contributed by atoms with Gasteiger partial charge in [-0.3, -0.25) is 13.9 Å². The Bertz CT molecular complexity index is 1530. The summed E-state index contributed by atoms with van der Waals surface area (Å²) in [5.74, 6) is 0.0525. The predicted molar refractivity (Wildman–Crippen MR) is 167 cm³/mol. The van der Waals surface area contributed by atoms with Crippen LogP contribution in [0.1, 0.15) is 32.8 Å². The van der Waals surface area contributed by atoms with E-state index >= 15 is 0 Å². The lowest BCUT2D eigenvalue weighted by Crippen LogP contribution is -2.52. The maximum Gasteiger partial charge on any atom is 0.264 e. The second-order valence-electron chi connectivity index (χ2n) is 10.4.